The van der Waals surface area contributed by atoms with Crippen molar-refractivity contribution in [3.8, 4) is 0 Å². The number of aryl methyl sites for hydroxylation is 1. The van der Waals surface area contributed by atoms with E-state index in [2.05, 4.69) is 56.9 Å². The number of unbranched alkanes of at least 4 members (excludes halogenated alkanes) is 4. The molecule has 144 valence electrons. The second kappa shape index (κ2) is 7.74. The van der Waals surface area contributed by atoms with E-state index >= 15 is 0 Å². The van der Waals surface area contributed by atoms with E-state index in [-0.39, 0.29) is 5.91 Å². The Bertz CT molecular complexity index is 618. The van der Waals surface area contributed by atoms with Crippen LogP contribution in [-0.2, 0) is 6.42 Å². The first-order valence-corrected chi connectivity index (χ1v) is 10.7. The molecule has 1 aliphatic heterocycles. The third-order valence-corrected chi connectivity index (χ3v) is 6.45. The Hall–Kier alpha value is -1.31. The number of rotatable bonds is 7. The van der Waals surface area contributed by atoms with E-state index in [1.807, 2.05) is 0 Å². The fourth-order valence-corrected chi connectivity index (χ4v) is 5.61. The van der Waals surface area contributed by atoms with Crippen LogP contribution in [0.15, 0.2) is 24.3 Å². The molecule has 1 amide bonds. The lowest BCUT2D eigenvalue weighted by atomic mass is 9.65. The van der Waals surface area contributed by atoms with E-state index in [1.165, 1.54) is 50.5 Å². The first kappa shape index (κ1) is 19.5. The highest BCUT2D eigenvalue weighted by Crippen LogP contribution is 2.52. The van der Waals surface area contributed by atoms with Gasteiger partial charge in [0.1, 0.15) is 0 Å². The van der Waals surface area contributed by atoms with Crippen molar-refractivity contribution in [1.29, 1.82) is 0 Å². The van der Waals surface area contributed by atoms with Gasteiger partial charge in [-0.2, -0.15) is 0 Å². The maximum Gasteiger partial charge on any atom is 0.254 e. The summed E-state index contributed by atoms with van der Waals surface area (Å²) in [6.07, 6.45) is 11.3. The summed E-state index contributed by atoms with van der Waals surface area (Å²) in [5, 5.41) is 0. The fourth-order valence-electron chi connectivity index (χ4n) is 5.61. The van der Waals surface area contributed by atoms with Crippen LogP contribution in [0.5, 0.6) is 0 Å². The molecule has 2 nitrogen and oxygen atoms in total. The van der Waals surface area contributed by atoms with Crippen molar-refractivity contribution >= 4 is 5.91 Å². The Morgan fingerprint density at radius 3 is 2.42 bits per heavy atom. The van der Waals surface area contributed by atoms with Crippen molar-refractivity contribution in [3.63, 3.8) is 0 Å². The van der Waals surface area contributed by atoms with Gasteiger partial charge in [-0.1, -0.05) is 65.5 Å². The van der Waals surface area contributed by atoms with Gasteiger partial charge in [-0.15, -0.1) is 0 Å². The zero-order chi connectivity index (χ0) is 18.8. The molecule has 1 aromatic carbocycles. The summed E-state index contributed by atoms with van der Waals surface area (Å²) in [7, 11) is 0. The number of hydrogen-bond acceptors (Lipinski definition) is 1. The van der Waals surface area contributed by atoms with Crippen molar-refractivity contribution < 1.29 is 4.79 Å². The predicted molar refractivity (Wildman–Crippen MR) is 109 cm³/mol. The van der Waals surface area contributed by atoms with Gasteiger partial charge in [0.05, 0.1) is 0 Å². The van der Waals surface area contributed by atoms with Crippen LogP contribution in [0, 0.1) is 10.8 Å². The number of amides is 1. The molecule has 0 N–H and O–H groups in total. The Kier molecular flexibility index (Phi) is 5.79. The molecule has 1 aromatic rings. The summed E-state index contributed by atoms with van der Waals surface area (Å²) in [6.45, 7) is 10.3. The number of hydrogen-bond donors (Lipinski definition) is 0. The molecule has 2 bridgehead atoms. The number of carbonyl (C=O) groups is 1. The van der Waals surface area contributed by atoms with E-state index in [0.29, 0.717) is 16.9 Å². The Labute approximate surface area is 160 Å². The average Bonchev–Trinajstić information content (AvgIpc) is 2.83. The van der Waals surface area contributed by atoms with Gasteiger partial charge in [0.25, 0.3) is 5.91 Å². The summed E-state index contributed by atoms with van der Waals surface area (Å²) in [5.41, 5.74) is 2.90. The SMILES string of the molecule is CCCCCCCc1ccc(C(=O)N2CC3(C)CC2CC(C)(C)C3)cc1. The highest BCUT2D eigenvalue weighted by Gasteiger charge is 2.50. The van der Waals surface area contributed by atoms with Gasteiger partial charge < -0.3 is 4.90 Å². The maximum atomic E-state index is 13.1. The lowest BCUT2D eigenvalue weighted by Crippen LogP contribution is -2.37. The largest absolute Gasteiger partial charge is 0.335 e. The fraction of sp³-hybridized carbons (Fsp3) is 0.708. The van der Waals surface area contributed by atoms with Crippen LogP contribution < -0.4 is 0 Å². The second-order valence-electron chi connectivity index (χ2n) is 10.0. The molecule has 2 atom stereocenters. The van der Waals surface area contributed by atoms with Crippen molar-refractivity contribution in [2.24, 2.45) is 10.8 Å². The third-order valence-electron chi connectivity index (χ3n) is 6.45. The lowest BCUT2D eigenvalue weighted by Gasteiger charge is -2.39. The zero-order valence-corrected chi connectivity index (χ0v) is 17.3. The molecular weight excluding hydrogens is 318 g/mol. The molecule has 2 heteroatoms. The minimum absolute atomic E-state index is 0.242. The first-order valence-electron chi connectivity index (χ1n) is 10.7. The maximum absolute atomic E-state index is 13.1. The van der Waals surface area contributed by atoms with Gasteiger partial charge in [0.15, 0.2) is 0 Å². The molecule has 1 heterocycles. The zero-order valence-electron chi connectivity index (χ0n) is 17.3. The minimum Gasteiger partial charge on any atom is -0.335 e. The van der Waals surface area contributed by atoms with E-state index in [4.69, 9.17) is 0 Å². The number of carbonyl (C=O) groups excluding carboxylic acids is 1. The van der Waals surface area contributed by atoms with Gasteiger partial charge in [-0.05, 0) is 60.6 Å². The highest BCUT2D eigenvalue weighted by atomic mass is 16.2. The molecular formula is C24H37NO. The molecule has 0 spiro atoms. The van der Waals surface area contributed by atoms with E-state index in [9.17, 15) is 4.79 Å². The predicted octanol–water partition coefficient (Wildman–Crippen LogP) is 6.24. The van der Waals surface area contributed by atoms with Gasteiger partial charge in [0, 0.05) is 18.2 Å². The van der Waals surface area contributed by atoms with Gasteiger partial charge in [0.2, 0.25) is 0 Å². The van der Waals surface area contributed by atoms with Crippen LogP contribution in [0.2, 0.25) is 0 Å². The van der Waals surface area contributed by atoms with Gasteiger partial charge in [-0.3, -0.25) is 4.79 Å². The van der Waals surface area contributed by atoms with E-state index < -0.39 is 0 Å². The summed E-state index contributed by atoms with van der Waals surface area (Å²) in [5.74, 6) is 0.242. The van der Waals surface area contributed by atoms with E-state index in [1.54, 1.807) is 0 Å². The van der Waals surface area contributed by atoms with Crippen LogP contribution in [0.3, 0.4) is 0 Å². The molecule has 0 radical (unpaired) electrons. The molecule has 26 heavy (non-hydrogen) atoms. The average molecular weight is 356 g/mol. The molecule has 2 unspecified atom stereocenters. The molecule has 1 saturated heterocycles. The summed E-state index contributed by atoms with van der Waals surface area (Å²) in [6, 6.07) is 8.87. The van der Waals surface area contributed by atoms with Crippen molar-refractivity contribution in [1.82, 2.24) is 4.90 Å². The van der Waals surface area contributed by atoms with Gasteiger partial charge >= 0.3 is 0 Å². The Morgan fingerprint density at radius 2 is 1.73 bits per heavy atom. The van der Waals surface area contributed by atoms with Crippen LogP contribution >= 0.6 is 0 Å². The van der Waals surface area contributed by atoms with Crippen molar-refractivity contribution in [2.45, 2.75) is 91.5 Å². The molecule has 0 aromatic heterocycles. The Morgan fingerprint density at radius 1 is 1.04 bits per heavy atom. The lowest BCUT2D eigenvalue weighted by molar-refractivity contribution is 0.0708. The second-order valence-corrected chi connectivity index (χ2v) is 10.0. The third kappa shape index (κ3) is 4.50. The molecule has 2 fully saturated rings. The topological polar surface area (TPSA) is 20.3 Å². The van der Waals surface area contributed by atoms with E-state index in [0.717, 1.165) is 24.9 Å². The standard InChI is InChI=1S/C24H37NO/c1-5-6-7-8-9-10-19-11-13-20(14-12-19)22(26)25-18-24(4)16-21(25)15-23(2,3)17-24/h11-14,21H,5-10,15-18H2,1-4H3. The minimum atomic E-state index is 0.242. The first-order chi connectivity index (χ1) is 12.3. The normalized spacial score (nSPS) is 26.9. The number of benzene rings is 1. The van der Waals surface area contributed by atoms with Crippen molar-refractivity contribution in [3.05, 3.63) is 35.4 Å². The molecule has 3 rings (SSSR count). The van der Waals surface area contributed by atoms with Gasteiger partial charge in [-0.25, -0.2) is 0 Å². The van der Waals surface area contributed by atoms with Crippen LogP contribution in [0.1, 0.15) is 95.0 Å². The number of fused-ring (bicyclic) bond motifs is 2. The van der Waals surface area contributed by atoms with Crippen LogP contribution in [0.25, 0.3) is 0 Å². The monoisotopic (exact) mass is 355 g/mol. The smallest absolute Gasteiger partial charge is 0.254 e. The van der Waals surface area contributed by atoms with Crippen molar-refractivity contribution in [2.75, 3.05) is 6.54 Å². The number of likely N-dealkylation sites (tertiary alicyclic amines) is 1. The van der Waals surface area contributed by atoms with Crippen LogP contribution in [0.4, 0.5) is 0 Å². The summed E-state index contributed by atoms with van der Waals surface area (Å²) in [4.78, 5) is 15.3. The quantitative estimate of drug-likeness (QED) is 0.530. The van der Waals surface area contributed by atoms with Crippen LogP contribution in [-0.4, -0.2) is 23.4 Å². The summed E-state index contributed by atoms with van der Waals surface area (Å²) < 4.78 is 0. The molecule has 2 aliphatic rings. The molecule has 1 saturated carbocycles. The highest BCUT2D eigenvalue weighted by molar-refractivity contribution is 5.94. The molecule has 1 aliphatic carbocycles. The summed E-state index contributed by atoms with van der Waals surface area (Å²) >= 11 is 0. The number of nitrogens with zero attached hydrogens (tertiary/aromatic N) is 1. The Balaban J connectivity index is 1.59.